The predicted octanol–water partition coefficient (Wildman–Crippen LogP) is -0.713. The molecule has 0 amide bonds. The van der Waals surface area contributed by atoms with E-state index in [9.17, 15) is 4.79 Å². The van der Waals surface area contributed by atoms with E-state index < -0.39 is 5.41 Å². The highest BCUT2D eigenvalue weighted by atomic mass is 16.3. The number of aliphatic hydroxyl groups excluding tert-OH is 1. The van der Waals surface area contributed by atoms with Gasteiger partial charge in [0.05, 0.1) is 18.6 Å². The van der Waals surface area contributed by atoms with Gasteiger partial charge in [-0.2, -0.15) is 0 Å². The van der Waals surface area contributed by atoms with Gasteiger partial charge in [-0.15, -0.1) is 0 Å². The SMILES string of the molecule is NCC(=O)C1(CO)CC1. The van der Waals surface area contributed by atoms with Gasteiger partial charge in [0.15, 0.2) is 5.78 Å². The van der Waals surface area contributed by atoms with Crippen molar-refractivity contribution in [3.05, 3.63) is 0 Å². The van der Waals surface area contributed by atoms with E-state index in [4.69, 9.17) is 10.8 Å². The zero-order chi connectivity index (χ0) is 6.91. The summed E-state index contributed by atoms with van der Waals surface area (Å²) in [5.74, 6) is 0.00463. The highest BCUT2D eigenvalue weighted by Gasteiger charge is 2.47. The van der Waals surface area contributed by atoms with Crippen LogP contribution in [0, 0.1) is 5.41 Å². The van der Waals surface area contributed by atoms with Gasteiger partial charge in [-0.05, 0) is 12.8 Å². The maximum atomic E-state index is 10.8. The first-order valence-electron chi connectivity index (χ1n) is 3.09. The zero-order valence-electron chi connectivity index (χ0n) is 5.26. The van der Waals surface area contributed by atoms with E-state index in [1.165, 1.54) is 0 Å². The first-order valence-corrected chi connectivity index (χ1v) is 3.09. The van der Waals surface area contributed by atoms with Crippen molar-refractivity contribution in [2.45, 2.75) is 12.8 Å². The molecule has 0 radical (unpaired) electrons. The summed E-state index contributed by atoms with van der Waals surface area (Å²) in [5.41, 5.74) is 4.71. The molecule has 0 spiro atoms. The molecular formula is C6H11NO2. The van der Waals surface area contributed by atoms with Crippen LogP contribution in [0.3, 0.4) is 0 Å². The fourth-order valence-corrected chi connectivity index (χ4v) is 0.893. The van der Waals surface area contributed by atoms with Gasteiger partial charge < -0.3 is 10.8 Å². The number of aliphatic hydroxyl groups is 1. The van der Waals surface area contributed by atoms with E-state index in [-0.39, 0.29) is 18.9 Å². The lowest BCUT2D eigenvalue weighted by molar-refractivity contribution is -0.124. The van der Waals surface area contributed by atoms with Crippen molar-refractivity contribution in [2.75, 3.05) is 13.2 Å². The number of carbonyl (C=O) groups excluding carboxylic acids is 1. The average molecular weight is 129 g/mol. The van der Waals surface area contributed by atoms with Gasteiger partial charge in [0.25, 0.3) is 0 Å². The number of nitrogens with two attached hydrogens (primary N) is 1. The quantitative estimate of drug-likeness (QED) is 0.529. The van der Waals surface area contributed by atoms with Crippen molar-refractivity contribution in [2.24, 2.45) is 11.1 Å². The first kappa shape index (κ1) is 6.71. The molecule has 0 aliphatic heterocycles. The molecule has 0 atom stereocenters. The lowest BCUT2D eigenvalue weighted by atomic mass is 10.0. The Morgan fingerprint density at radius 2 is 2.22 bits per heavy atom. The number of hydrogen-bond donors (Lipinski definition) is 2. The van der Waals surface area contributed by atoms with E-state index in [0.717, 1.165) is 12.8 Å². The molecule has 0 bridgehead atoms. The van der Waals surface area contributed by atoms with Crippen LogP contribution in [0.1, 0.15) is 12.8 Å². The number of carbonyl (C=O) groups is 1. The van der Waals surface area contributed by atoms with Crippen LogP contribution < -0.4 is 5.73 Å². The molecule has 52 valence electrons. The van der Waals surface area contributed by atoms with E-state index in [1.807, 2.05) is 0 Å². The lowest BCUT2D eigenvalue weighted by Gasteiger charge is -2.06. The van der Waals surface area contributed by atoms with Crippen molar-refractivity contribution < 1.29 is 9.90 Å². The molecule has 1 rings (SSSR count). The fraction of sp³-hybridized carbons (Fsp3) is 0.833. The molecule has 3 nitrogen and oxygen atoms in total. The van der Waals surface area contributed by atoms with Crippen LogP contribution in [-0.2, 0) is 4.79 Å². The maximum Gasteiger partial charge on any atom is 0.154 e. The molecule has 0 unspecified atom stereocenters. The molecule has 1 fully saturated rings. The molecule has 1 aliphatic carbocycles. The van der Waals surface area contributed by atoms with Crippen LogP contribution in [0.5, 0.6) is 0 Å². The summed E-state index contributed by atoms with van der Waals surface area (Å²) in [6, 6.07) is 0. The van der Waals surface area contributed by atoms with E-state index in [0.29, 0.717) is 0 Å². The smallest absolute Gasteiger partial charge is 0.154 e. The summed E-state index contributed by atoms with van der Waals surface area (Å²) in [7, 11) is 0. The van der Waals surface area contributed by atoms with E-state index in [2.05, 4.69) is 0 Å². The third kappa shape index (κ3) is 0.976. The number of ketones is 1. The van der Waals surface area contributed by atoms with Crippen LogP contribution in [0.25, 0.3) is 0 Å². The summed E-state index contributed by atoms with van der Waals surface area (Å²) in [6.45, 7) is 0.0452. The van der Waals surface area contributed by atoms with Gasteiger partial charge in [0, 0.05) is 0 Å². The molecule has 0 heterocycles. The Morgan fingerprint density at radius 3 is 2.33 bits per heavy atom. The Kier molecular flexibility index (Phi) is 1.55. The number of rotatable bonds is 3. The van der Waals surface area contributed by atoms with Crippen LogP contribution in [0.4, 0.5) is 0 Å². The summed E-state index contributed by atoms with van der Waals surface area (Å²) in [4.78, 5) is 10.8. The third-order valence-corrected chi connectivity index (χ3v) is 1.93. The van der Waals surface area contributed by atoms with E-state index >= 15 is 0 Å². The lowest BCUT2D eigenvalue weighted by Crippen LogP contribution is -2.27. The topological polar surface area (TPSA) is 63.3 Å². The molecule has 3 N–H and O–H groups in total. The summed E-state index contributed by atoms with van der Waals surface area (Å²) in [6.07, 6.45) is 1.64. The monoisotopic (exact) mass is 129 g/mol. The molecule has 1 aliphatic rings. The molecule has 0 aromatic rings. The molecule has 3 heteroatoms. The van der Waals surface area contributed by atoms with Gasteiger partial charge in [0.2, 0.25) is 0 Å². The molecule has 1 saturated carbocycles. The molecule has 9 heavy (non-hydrogen) atoms. The van der Waals surface area contributed by atoms with Gasteiger partial charge in [-0.3, -0.25) is 4.79 Å². The predicted molar refractivity (Wildman–Crippen MR) is 32.8 cm³/mol. The molecule has 0 saturated heterocycles. The number of hydrogen-bond acceptors (Lipinski definition) is 3. The maximum absolute atomic E-state index is 10.8. The van der Waals surface area contributed by atoms with E-state index in [1.54, 1.807) is 0 Å². The normalized spacial score (nSPS) is 21.6. The van der Waals surface area contributed by atoms with Crippen molar-refractivity contribution in [3.8, 4) is 0 Å². The Morgan fingerprint density at radius 1 is 1.67 bits per heavy atom. The number of Topliss-reactive ketones (excluding diaryl/α,β-unsaturated/α-hetero) is 1. The highest BCUT2D eigenvalue weighted by molar-refractivity contribution is 5.89. The minimum atomic E-state index is -0.408. The van der Waals surface area contributed by atoms with Crippen molar-refractivity contribution in [1.29, 1.82) is 0 Å². The second kappa shape index (κ2) is 2.08. The molecular weight excluding hydrogens is 118 g/mol. The fourth-order valence-electron chi connectivity index (χ4n) is 0.893. The summed E-state index contributed by atoms with van der Waals surface area (Å²) >= 11 is 0. The van der Waals surface area contributed by atoms with Crippen LogP contribution >= 0.6 is 0 Å². The minimum Gasteiger partial charge on any atom is -0.395 e. The second-order valence-electron chi connectivity index (χ2n) is 2.57. The Labute approximate surface area is 53.9 Å². The van der Waals surface area contributed by atoms with Crippen molar-refractivity contribution >= 4 is 5.78 Å². The molecule has 0 aromatic heterocycles. The van der Waals surface area contributed by atoms with Gasteiger partial charge in [-0.1, -0.05) is 0 Å². The van der Waals surface area contributed by atoms with Crippen LogP contribution in [0.15, 0.2) is 0 Å². The van der Waals surface area contributed by atoms with Crippen molar-refractivity contribution in [3.63, 3.8) is 0 Å². The average Bonchev–Trinajstić information content (AvgIpc) is 2.66. The molecule has 0 aromatic carbocycles. The zero-order valence-corrected chi connectivity index (χ0v) is 5.26. The first-order chi connectivity index (χ1) is 4.25. The van der Waals surface area contributed by atoms with Gasteiger partial charge >= 0.3 is 0 Å². The van der Waals surface area contributed by atoms with Crippen LogP contribution in [0.2, 0.25) is 0 Å². The largest absolute Gasteiger partial charge is 0.395 e. The van der Waals surface area contributed by atoms with Crippen LogP contribution in [-0.4, -0.2) is 24.0 Å². The Balaban J connectivity index is 2.49. The minimum absolute atomic E-state index is 0.00463. The van der Waals surface area contributed by atoms with Gasteiger partial charge in [-0.25, -0.2) is 0 Å². The summed E-state index contributed by atoms with van der Waals surface area (Å²) < 4.78 is 0. The third-order valence-electron chi connectivity index (χ3n) is 1.93. The van der Waals surface area contributed by atoms with Gasteiger partial charge in [0.1, 0.15) is 0 Å². The standard InChI is InChI=1S/C6H11NO2/c7-3-5(9)6(4-8)1-2-6/h8H,1-4,7H2. The highest BCUT2D eigenvalue weighted by Crippen LogP contribution is 2.45. The second-order valence-corrected chi connectivity index (χ2v) is 2.57. The van der Waals surface area contributed by atoms with Crippen molar-refractivity contribution in [1.82, 2.24) is 0 Å². The summed E-state index contributed by atoms with van der Waals surface area (Å²) in [5, 5.41) is 8.68. The Bertz CT molecular complexity index is 129. The Hall–Kier alpha value is -0.410.